The van der Waals surface area contributed by atoms with Crippen molar-refractivity contribution in [3.8, 4) is 5.69 Å². The van der Waals surface area contributed by atoms with Crippen molar-refractivity contribution in [3.05, 3.63) is 35.4 Å². The number of aromatic nitrogens is 4. The Morgan fingerprint density at radius 1 is 1.44 bits per heavy atom. The predicted octanol–water partition coefficient (Wildman–Crippen LogP) is 2.10. The SMILES string of the molecule is CCc1ccc(-n2cnnn2)c(CCl)c1F. The number of aryl methyl sites for hydroxylation is 1. The first-order valence-corrected chi connectivity index (χ1v) is 5.41. The summed E-state index contributed by atoms with van der Waals surface area (Å²) < 4.78 is 15.4. The first kappa shape index (κ1) is 11.0. The summed E-state index contributed by atoms with van der Waals surface area (Å²) in [5, 5.41) is 10.7. The van der Waals surface area contributed by atoms with Crippen LogP contribution in [-0.2, 0) is 12.3 Å². The Morgan fingerprint density at radius 3 is 2.81 bits per heavy atom. The van der Waals surface area contributed by atoms with Crippen LogP contribution in [0.25, 0.3) is 5.69 Å². The Labute approximate surface area is 97.0 Å². The molecule has 0 amide bonds. The van der Waals surface area contributed by atoms with Crippen LogP contribution >= 0.6 is 11.6 Å². The molecule has 84 valence electrons. The minimum absolute atomic E-state index is 0.0921. The number of rotatable bonds is 3. The van der Waals surface area contributed by atoms with E-state index in [2.05, 4.69) is 15.5 Å². The first-order valence-electron chi connectivity index (χ1n) is 4.87. The lowest BCUT2D eigenvalue weighted by Gasteiger charge is -2.10. The van der Waals surface area contributed by atoms with Gasteiger partial charge in [-0.2, -0.15) is 0 Å². The fourth-order valence-corrected chi connectivity index (χ4v) is 1.80. The van der Waals surface area contributed by atoms with Gasteiger partial charge in [-0.15, -0.1) is 16.7 Å². The van der Waals surface area contributed by atoms with Crippen molar-refractivity contribution < 1.29 is 4.39 Å². The maximum Gasteiger partial charge on any atom is 0.143 e. The van der Waals surface area contributed by atoms with E-state index in [0.29, 0.717) is 23.2 Å². The average molecular weight is 241 g/mol. The van der Waals surface area contributed by atoms with Gasteiger partial charge in [0.15, 0.2) is 0 Å². The molecule has 1 aromatic carbocycles. The summed E-state index contributed by atoms with van der Waals surface area (Å²) in [7, 11) is 0. The number of nitrogens with zero attached hydrogens (tertiary/aromatic N) is 4. The molecule has 0 aliphatic carbocycles. The number of tetrazole rings is 1. The topological polar surface area (TPSA) is 43.6 Å². The second-order valence-electron chi connectivity index (χ2n) is 3.28. The molecular formula is C10H10ClFN4. The van der Waals surface area contributed by atoms with E-state index in [-0.39, 0.29) is 11.7 Å². The Hall–Kier alpha value is -1.49. The van der Waals surface area contributed by atoms with Crippen LogP contribution in [-0.4, -0.2) is 20.2 Å². The highest BCUT2D eigenvalue weighted by molar-refractivity contribution is 6.17. The molecule has 0 N–H and O–H groups in total. The van der Waals surface area contributed by atoms with Crippen LogP contribution in [0.15, 0.2) is 18.5 Å². The van der Waals surface area contributed by atoms with E-state index in [1.54, 1.807) is 12.1 Å². The van der Waals surface area contributed by atoms with Crippen LogP contribution in [0.4, 0.5) is 4.39 Å². The van der Waals surface area contributed by atoms with E-state index in [0.717, 1.165) is 0 Å². The predicted molar refractivity (Wildman–Crippen MR) is 58.0 cm³/mol. The van der Waals surface area contributed by atoms with E-state index in [9.17, 15) is 4.39 Å². The van der Waals surface area contributed by atoms with Gasteiger partial charge in [-0.25, -0.2) is 9.07 Å². The molecule has 0 saturated heterocycles. The highest BCUT2D eigenvalue weighted by Gasteiger charge is 2.13. The van der Waals surface area contributed by atoms with Crippen molar-refractivity contribution in [2.75, 3.05) is 0 Å². The Balaban J connectivity index is 2.59. The number of hydrogen-bond donors (Lipinski definition) is 0. The first-order chi connectivity index (χ1) is 7.77. The normalized spacial score (nSPS) is 10.7. The Bertz CT molecular complexity index is 484. The van der Waals surface area contributed by atoms with Gasteiger partial charge in [0.1, 0.15) is 12.1 Å². The smallest absolute Gasteiger partial charge is 0.143 e. The molecule has 0 aliphatic rings. The van der Waals surface area contributed by atoms with Crippen LogP contribution in [0.5, 0.6) is 0 Å². The van der Waals surface area contributed by atoms with Crippen molar-refractivity contribution in [2.24, 2.45) is 0 Å². The third kappa shape index (κ3) is 1.78. The van der Waals surface area contributed by atoms with E-state index in [1.165, 1.54) is 11.0 Å². The standard InChI is InChI=1S/C10H10ClFN4/c1-2-7-3-4-9(8(5-11)10(7)12)16-6-13-14-15-16/h3-4,6H,2,5H2,1H3. The number of halogens is 2. The molecule has 0 spiro atoms. The molecule has 1 heterocycles. The molecule has 0 saturated carbocycles. The molecule has 0 bridgehead atoms. The van der Waals surface area contributed by atoms with E-state index in [1.807, 2.05) is 6.92 Å². The van der Waals surface area contributed by atoms with Gasteiger partial charge in [-0.3, -0.25) is 0 Å². The summed E-state index contributed by atoms with van der Waals surface area (Å²) in [6.07, 6.45) is 2.04. The van der Waals surface area contributed by atoms with Crippen LogP contribution in [0.1, 0.15) is 18.1 Å². The number of benzene rings is 1. The van der Waals surface area contributed by atoms with Crippen molar-refractivity contribution in [2.45, 2.75) is 19.2 Å². The molecular weight excluding hydrogens is 231 g/mol. The van der Waals surface area contributed by atoms with Gasteiger partial charge in [0.05, 0.1) is 11.6 Å². The zero-order valence-electron chi connectivity index (χ0n) is 8.69. The van der Waals surface area contributed by atoms with Crippen LogP contribution in [0.3, 0.4) is 0 Å². The summed E-state index contributed by atoms with van der Waals surface area (Å²) in [4.78, 5) is 0. The molecule has 6 heteroatoms. The fourth-order valence-electron chi connectivity index (χ4n) is 1.55. The van der Waals surface area contributed by atoms with Gasteiger partial charge in [-0.05, 0) is 28.5 Å². The maximum absolute atomic E-state index is 14.0. The minimum Gasteiger partial charge on any atom is -0.206 e. The Kier molecular flexibility index (Phi) is 3.14. The average Bonchev–Trinajstić information content (AvgIpc) is 2.82. The number of hydrogen-bond acceptors (Lipinski definition) is 3. The molecule has 0 fully saturated rings. The largest absolute Gasteiger partial charge is 0.206 e. The quantitative estimate of drug-likeness (QED) is 0.772. The third-order valence-electron chi connectivity index (χ3n) is 2.41. The molecule has 1 aromatic heterocycles. The maximum atomic E-state index is 14.0. The lowest BCUT2D eigenvalue weighted by atomic mass is 10.1. The third-order valence-corrected chi connectivity index (χ3v) is 2.68. The summed E-state index contributed by atoms with van der Waals surface area (Å²) >= 11 is 5.76. The van der Waals surface area contributed by atoms with Crippen molar-refractivity contribution >= 4 is 11.6 Å². The highest BCUT2D eigenvalue weighted by Crippen LogP contribution is 2.22. The second kappa shape index (κ2) is 4.57. The van der Waals surface area contributed by atoms with Crippen molar-refractivity contribution in [1.29, 1.82) is 0 Å². The summed E-state index contributed by atoms with van der Waals surface area (Å²) in [6.45, 7) is 1.90. The van der Waals surface area contributed by atoms with E-state index in [4.69, 9.17) is 11.6 Å². The molecule has 4 nitrogen and oxygen atoms in total. The second-order valence-corrected chi connectivity index (χ2v) is 3.55. The zero-order chi connectivity index (χ0) is 11.5. The summed E-state index contributed by atoms with van der Waals surface area (Å²) in [5.74, 6) is -0.181. The molecule has 2 aromatic rings. The fraction of sp³-hybridized carbons (Fsp3) is 0.300. The molecule has 0 aliphatic heterocycles. The van der Waals surface area contributed by atoms with E-state index < -0.39 is 0 Å². The van der Waals surface area contributed by atoms with Gasteiger partial charge in [0.25, 0.3) is 0 Å². The van der Waals surface area contributed by atoms with Gasteiger partial charge in [0.2, 0.25) is 0 Å². The van der Waals surface area contributed by atoms with Crippen molar-refractivity contribution in [1.82, 2.24) is 20.2 Å². The molecule has 16 heavy (non-hydrogen) atoms. The molecule has 2 rings (SSSR count). The minimum atomic E-state index is -0.273. The van der Waals surface area contributed by atoms with E-state index >= 15 is 0 Å². The highest BCUT2D eigenvalue weighted by atomic mass is 35.5. The van der Waals surface area contributed by atoms with Crippen LogP contribution in [0.2, 0.25) is 0 Å². The zero-order valence-corrected chi connectivity index (χ0v) is 9.45. The summed E-state index contributed by atoms with van der Waals surface area (Å²) in [6, 6.07) is 3.50. The summed E-state index contributed by atoms with van der Waals surface area (Å²) in [5.41, 5.74) is 1.65. The van der Waals surface area contributed by atoms with Gasteiger partial charge in [0, 0.05) is 5.56 Å². The van der Waals surface area contributed by atoms with Crippen LogP contribution in [0, 0.1) is 5.82 Å². The van der Waals surface area contributed by atoms with Gasteiger partial charge in [-0.1, -0.05) is 13.0 Å². The van der Waals surface area contributed by atoms with Crippen molar-refractivity contribution in [3.63, 3.8) is 0 Å². The molecule has 0 atom stereocenters. The van der Waals surface area contributed by atoms with Crippen LogP contribution < -0.4 is 0 Å². The molecule has 0 unspecified atom stereocenters. The van der Waals surface area contributed by atoms with Gasteiger partial charge < -0.3 is 0 Å². The lowest BCUT2D eigenvalue weighted by molar-refractivity contribution is 0.597. The number of alkyl halides is 1. The monoisotopic (exact) mass is 240 g/mol. The lowest BCUT2D eigenvalue weighted by Crippen LogP contribution is -2.04. The van der Waals surface area contributed by atoms with Gasteiger partial charge >= 0.3 is 0 Å². The Morgan fingerprint density at radius 2 is 2.25 bits per heavy atom. The molecule has 0 radical (unpaired) electrons.